The molecule has 3 aromatic rings. The highest BCUT2D eigenvalue weighted by Gasteiger charge is 2.30. The third-order valence-corrected chi connectivity index (χ3v) is 6.13. The second-order valence-electron chi connectivity index (χ2n) is 9.22. The zero-order valence-electron chi connectivity index (χ0n) is 20.8. The fraction of sp³-hybridized carbons (Fsp3) is 0.462. The van der Waals surface area contributed by atoms with Crippen molar-refractivity contribution in [3.8, 4) is 11.3 Å². The van der Waals surface area contributed by atoms with Crippen LogP contribution in [0.25, 0.3) is 22.4 Å². The first-order valence-electron chi connectivity index (χ1n) is 12.4. The van der Waals surface area contributed by atoms with Crippen molar-refractivity contribution in [1.82, 2.24) is 19.4 Å². The number of carbonyl (C=O) groups excluding carboxylic acids is 1. The first kappa shape index (κ1) is 26.6. The number of hydrogen-bond donors (Lipinski definition) is 1. The standard InChI is InChI=1S/C26H30F3N5O3/c1-17(2)37-16-15-34-24-21(11-10-20(32-24)18-6-8-19(9-7-18)26(27,28)29)31-23(25(34)36)30-12-4-14-33-13-3-5-22(33)35/h6-11,17H,3-5,12-16H2,1-2H3,(H,30,31). The third kappa shape index (κ3) is 6.46. The normalized spacial score (nSPS) is 14.2. The summed E-state index contributed by atoms with van der Waals surface area (Å²) < 4.78 is 46.0. The van der Waals surface area contributed by atoms with Gasteiger partial charge in [0.25, 0.3) is 5.56 Å². The molecule has 4 rings (SSSR count). The molecule has 0 unspecified atom stereocenters. The van der Waals surface area contributed by atoms with Crippen LogP contribution in [-0.4, -0.2) is 57.7 Å². The number of nitrogens with zero attached hydrogens (tertiary/aromatic N) is 4. The number of fused-ring (bicyclic) bond motifs is 1. The highest BCUT2D eigenvalue weighted by molar-refractivity contribution is 5.78. The summed E-state index contributed by atoms with van der Waals surface area (Å²) in [5.74, 6) is 0.333. The van der Waals surface area contributed by atoms with E-state index in [1.54, 1.807) is 12.1 Å². The lowest BCUT2D eigenvalue weighted by Gasteiger charge is -2.16. The van der Waals surface area contributed by atoms with E-state index in [2.05, 4.69) is 15.3 Å². The Labute approximate surface area is 212 Å². The molecule has 1 fully saturated rings. The van der Waals surface area contributed by atoms with Gasteiger partial charge >= 0.3 is 6.18 Å². The van der Waals surface area contributed by atoms with E-state index in [1.807, 2.05) is 18.7 Å². The average Bonchev–Trinajstić information content (AvgIpc) is 3.27. The Morgan fingerprint density at radius 3 is 2.46 bits per heavy atom. The van der Waals surface area contributed by atoms with Gasteiger partial charge in [0.15, 0.2) is 11.5 Å². The molecule has 1 N–H and O–H groups in total. The molecule has 0 atom stereocenters. The van der Waals surface area contributed by atoms with Crippen molar-refractivity contribution in [2.24, 2.45) is 0 Å². The molecule has 1 aliphatic rings. The average molecular weight is 518 g/mol. The highest BCUT2D eigenvalue weighted by atomic mass is 19.4. The van der Waals surface area contributed by atoms with Crippen molar-refractivity contribution in [3.05, 3.63) is 52.3 Å². The summed E-state index contributed by atoms with van der Waals surface area (Å²) in [6.45, 7) is 6.16. The molecular formula is C26H30F3N5O3. The SMILES string of the molecule is CC(C)OCCn1c(=O)c(NCCCN2CCCC2=O)nc2ccc(-c3ccc(C(F)(F)F)cc3)nc21. The number of carbonyl (C=O) groups is 1. The minimum atomic E-state index is -4.43. The Morgan fingerprint density at radius 1 is 1.05 bits per heavy atom. The monoisotopic (exact) mass is 517 g/mol. The molecule has 0 radical (unpaired) electrons. The molecule has 37 heavy (non-hydrogen) atoms. The fourth-order valence-electron chi connectivity index (χ4n) is 4.23. The van der Waals surface area contributed by atoms with Crippen LogP contribution < -0.4 is 10.9 Å². The smallest absolute Gasteiger partial charge is 0.377 e. The number of alkyl halides is 3. The van der Waals surface area contributed by atoms with Crippen LogP contribution in [-0.2, 0) is 22.3 Å². The number of anilines is 1. The molecule has 1 aromatic carbocycles. The minimum absolute atomic E-state index is 0.0228. The van der Waals surface area contributed by atoms with Crippen molar-refractivity contribution < 1.29 is 22.7 Å². The van der Waals surface area contributed by atoms with Crippen molar-refractivity contribution in [3.63, 3.8) is 0 Å². The van der Waals surface area contributed by atoms with Gasteiger partial charge in [0.2, 0.25) is 5.91 Å². The molecule has 1 amide bonds. The van der Waals surface area contributed by atoms with Gasteiger partial charge in [-0.25, -0.2) is 9.97 Å². The Kier molecular flexibility index (Phi) is 8.11. The predicted octanol–water partition coefficient (Wildman–Crippen LogP) is 4.33. The zero-order chi connectivity index (χ0) is 26.6. The van der Waals surface area contributed by atoms with Gasteiger partial charge in [0, 0.05) is 31.6 Å². The second kappa shape index (κ2) is 11.3. The van der Waals surface area contributed by atoms with Crippen molar-refractivity contribution in [2.75, 3.05) is 31.6 Å². The number of benzene rings is 1. The van der Waals surface area contributed by atoms with Crippen molar-refractivity contribution >= 4 is 22.9 Å². The summed E-state index contributed by atoms with van der Waals surface area (Å²) in [5.41, 5.74) is 0.600. The van der Waals surface area contributed by atoms with E-state index < -0.39 is 11.7 Å². The summed E-state index contributed by atoms with van der Waals surface area (Å²) in [6.07, 6.45) is -2.31. The maximum Gasteiger partial charge on any atom is 0.416 e. The lowest BCUT2D eigenvalue weighted by molar-refractivity contribution is -0.137. The Balaban J connectivity index is 1.60. The molecule has 3 heterocycles. The van der Waals surface area contributed by atoms with Crippen LogP contribution in [0.15, 0.2) is 41.2 Å². The van der Waals surface area contributed by atoms with Crippen LogP contribution in [0.5, 0.6) is 0 Å². The van der Waals surface area contributed by atoms with Gasteiger partial charge in [-0.3, -0.25) is 14.2 Å². The number of amides is 1. The zero-order valence-corrected chi connectivity index (χ0v) is 20.8. The summed E-state index contributed by atoms with van der Waals surface area (Å²) in [5, 5.41) is 3.09. The molecule has 1 saturated heterocycles. The summed E-state index contributed by atoms with van der Waals surface area (Å²) in [4.78, 5) is 36.0. The van der Waals surface area contributed by atoms with Crippen LogP contribution in [0.3, 0.4) is 0 Å². The topological polar surface area (TPSA) is 89.4 Å². The van der Waals surface area contributed by atoms with E-state index in [-0.39, 0.29) is 36.5 Å². The van der Waals surface area contributed by atoms with Crippen LogP contribution >= 0.6 is 0 Å². The molecule has 198 valence electrons. The third-order valence-electron chi connectivity index (χ3n) is 6.13. The van der Waals surface area contributed by atoms with Gasteiger partial charge in [-0.05, 0) is 51.0 Å². The molecule has 0 bridgehead atoms. The number of pyridine rings is 1. The lowest BCUT2D eigenvalue weighted by atomic mass is 10.1. The number of nitrogens with one attached hydrogen (secondary N) is 1. The van der Waals surface area contributed by atoms with Crippen LogP contribution in [0.4, 0.5) is 19.0 Å². The first-order chi connectivity index (χ1) is 17.6. The van der Waals surface area contributed by atoms with E-state index in [4.69, 9.17) is 4.74 Å². The van der Waals surface area contributed by atoms with Crippen molar-refractivity contribution in [1.29, 1.82) is 0 Å². The number of rotatable bonds is 10. The van der Waals surface area contributed by atoms with Crippen LogP contribution in [0.1, 0.15) is 38.7 Å². The first-order valence-corrected chi connectivity index (χ1v) is 12.4. The minimum Gasteiger partial charge on any atom is -0.377 e. The molecule has 11 heteroatoms. The van der Waals surface area contributed by atoms with Gasteiger partial charge in [0.05, 0.1) is 30.5 Å². The quantitative estimate of drug-likeness (QED) is 0.403. The number of halogens is 3. The van der Waals surface area contributed by atoms with E-state index in [0.29, 0.717) is 48.4 Å². The van der Waals surface area contributed by atoms with E-state index >= 15 is 0 Å². The summed E-state index contributed by atoms with van der Waals surface area (Å²) >= 11 is 0. The molecule has 0 aliphatic carbocycles. The molecular weight excluding hydrogens is 487 g/mol. The largest absolute Gasteiger partial charge is 0.416 e. The maximum atomic E-state index is 13.3. The van der Waals surface area contributed by atoms with Crippen LogP contribution in [0.2, 0.25) is 0 Å². The summed E-state index contributed by atoms with van der Waals surface area (Å²) in [7, 11) is 0. The van der Waals surface area contributed by atoms with E-state index in [0.717, 1.165) is 25.1 Å². The number of likely N-dealkylation sites (tertiary alicyclic amines) is 1. The lowest BCUT2D eigenvalue weighted by Crippen LogP contribution is -2.30. The number of ether oxygens (including phenoxy) is 1. The summed E-state index contributed by atoms with van der Waals surface area (Å²) in [6, 6.07) is 8.09. The fourth-order valence-corrected chi connectivity index (χ4v) is 4.23. The van der Waals surface area contributed by atoms with E-state index in [9.17, 15) is 22.8 Å². The second-order valence-corrected chi connectivity index (χ2v) is 9.22. The molecule has 0 spiro atoms. The van der Waals surface area contributed by atoms with Crippen molar-refractivity contribution in [2.45, 2.75) is 51.9 Å². The van der Waals surface area contributed by atoms with Crippen LogP contribution in [0, 0.1) is 0 Å². The molecule has 1 aliphatic heterocycles. The number of aromatic nitrogens is 3. The van der Waals surface area contributed by atoms with Gasteiger partial charge in [0.1, 0.15) is 5.52 Å². The molecule has 0 saturated carbocycles. The van der Waals surface area contributed by atoms with Gasteiger partial charge in [-0.2, -0.15) is 13.2 Å². The predicted molar refractivity (Wildman–Crippen MR) is 134 cm³/mol. The van der Waals surface area contributed by atoms with Gasteiger partial charge < -0.3 is 15.0 Å². The van der Waals surface area contributed by atoms with E-state index in [1.165, 1.54) is 16.7 Å². The molecule has 2 aromatic heterocycles. The van der Waals surface area contributed by atoms with Gasteiger partial charge in [-0.1, -0.05) is 12.1 Å². The Morgan fingerprint density at radius 2 is 1.81 bits per heavy atom. The molecule has 8 nitrogen and oxygen atoms in total. The number of hydrogen-bond acceptors (Lipinski definition) is 6. The Bertz CT molecular complexity index is 1310. The maximum absolute atomic E-state index is 13.3. The van der Waals surface area contributed by atoms with Gasteiger partial charge in [-0.15, -0.1) is 0 Å². The Hall–Kier alpha value is -3.47. The highest BCUT2D eigenvalue weighted by Crippen LogP contribution is 2.31.